The van der Waals surface area contributed by atoms with Crippen molar-refractivity contribution in [1.82, 2.24) is 0 Å². The standard InChI is InChI=1S/C75H140O6/c1-4-7-10-13-16-19-22-24-26-28-30-32-33-34-35-36-37-38-39-40-41-42-44-45-47-49-51-53-56-59-62-65-68-74(77)80-71-72(70-79-73(76)67-64-61-58-55-21-18-15-12-9-6-3)81-75(78)69-66-63-60-57-54-52-50-48-46-43-31-29-27-25-23-20-17-14-11-8-5-2/h12,15,23,25,29,31,72H,4-11,13-14,16-22,24,26-28,30,32-71H2,1-3H3/b15-12-,25-23-,31-29-. The minimum absolute atomic E-state index is 0.0723. The van der Waals surface area contributed by atoms with Gasteiger partial charge in [0, 0.05) is 19.3 Å². The van der Waals surface area contributed by atoms with Gasteiger partial charge in [0.05, 0.1) is 0 Å². The Balaban J connectivity index is 4.07. The lowest BCUT2D eigenvalue weighted by molar-refractivity contribution is -0.167. The molecule has 0 heterocycles. The second kappa shape index (κ2) is 70.1. The maximum atomic E-state index is 12.9. The fraction of sp³-hybridized carbons (Fsp3) is 0.880. The molecule has 1 unspecified atom stereocenters. The number of hydrogen-bond acceptors (Lipinski definition) is 6. The lowest BCUT2D eigenvalue weighted by Gasteiger charge is -2.18. The first-order valence-corrected chi connectivity index (χ1v) is 36.5. The van der Waals surface area contributed by atoms with Crippen LogP contribution in [0.3, 0.4) is 0 Å². The van der Waals surface area contributed by atoms with Crippen LogP contribution in [0.1, 0.15) is 406 Å². The molecule has 0 fully saturated rings. The zero-order valence-electron chi connectivity index (χ0n) is 54.8. The number of ether oxygens (including phenoxy) is 3. The predicted octanol–water partition coefficient (Wildman–Crippen LogP) is 25.1. The first kappa shape index (κ1) is 78.6. The Hall–Kier alpha value is -2.37. The minimum Gasteiger partial charge on any atom is -0.462 e. The van der Waals surface area contributed by atoms with Gasteiger partial charge in [0.1, 0.15) is 13.2 Å². The van der Waals surface area contributed by atoms with Crippen molar-refractivity contribution < 1.29 is 28.6 Å². The maximum absolute atomic E-state index is 12.9. The van der Waals surface area contributed by atoms with Crippen molar-refractivity contribution >= 4 is 17.9 Å². The number of allylic oxidation sites excluding steroid dienone is 6. The number of hydrogen-bond donors (Lipinski definition) is 0. The minimum atomic E-state index is -0.776. The molecule has 0 radical (unpaired) electrons. The summed E-state index contributed by atoms with van der Waals surface area (Å²) in [6.45, 7) is 6.63. The summed E-state index contributed by atoms with van der Waals surface area (Å²) < 4.78 is 16.9. The fourth-order valence-electron chi connectivity index (χ4n) is 11.1. The van der Waals surface area contributed by atoms with Crippen LogP contribution in [0.15, 0.2) is 36.5 Å². The summed E-state index contributed by atoms with van der Waals surface area (Å²) in [6, 6.07) is 0. The zero-order valence-corrected chi connectivity index (χ0v) is 54.8. The third-order valence-electron chi connectivity index (χ3n) is 16.6. The van der Waals surface area contributed by atoms with Gasteiger partial charge in [-0.25, -0.2) is 0 Å². The van der Waals surface area contributed by atoms with Gasteiger partial charge < -0.3 is 14.2 Å². The highest BCUT2D eigenvalue weighted by atomic mass is 16.6. The second-order valence-corrected chi connectivity index (χ2v) is 24.9. The molecule has 0 bridgehead atoms. The molecule has 0 rings (SSSR count). The van der Waals surface area contributed by atoms with Crippen LogP contribution >= 0.6 is 0 Å². The highest BCUT2D eigenvalue weighted by Gasteiger charge is 2.19. The molecule has 0 aliphatic rings. The van der Waals surface area contributed by atoms with Crippen molar-refractivity contribution in [2.75, 3.05) is 13.2 Å². The van der Waals surface area contributed by atoms with Crippen molar-refractivity contribution in [3.8, 4) is 0 Å². The summed E-state index contributed by atoms with van der Waals surface area (Å²) in [5, 5.41) is 0. The van der Waals surface area contributed by atoms with Crippen molar-refractivity contribution in [3.05, 3.63) is 36.5 Å². The quantitative estimate of drug-likeness (QED) is 0.0261. The van der Waals surface area contributed by atoms with Crippen molar-refractivity contribution in [2.45, 2.75) is 412 Å². The van der Waals surface area contributed by atoms with Crippen LogP contribution in [0.2, 0.25) is 0 Å². The molecule has 476 valence electrons. The molecule has 0 saturated carbocycles. The third kappa shape index (κ3) is 68.3. The summed E-state index contributed by atoms with van der Waals surface area (Å²) >= 11 is 0. The molecule has 0 N–H and O–H groups in total. The van der Waals surface area contributed by atoms with Crippen LogP contribution in [0, 0.1) is 0 Å². The average Bonchev–Trinajstić information content (AvgIpc) is 3.47. The van der Waals surface area contributed by atoms with Crippen LogP contribution in [0.4, 0.5) is 0 Å². The molecule has 0 aliphatic carbocycles. The predicted molar refractivity (Wildman–Crippen MR) is 353 cm³/mol. The van der Waals surface area contributed by atoms with E-state index in [4.69, 9.17) is 14.2 Å². The molecule has 0 amide bonds. The Bertz CT molecular complexity index is 1350. The van der Waals surface area contributed by atoms with Gasteiger partial charge in [0.2, 0.25) is 0 Å². The van der Waals surface area contributed by atoms with E-state index in [1.165, 1.54) is 289 Å². The third-order valence-corrected chi connectivity index (χ3v) is 16.6. The van der Waals surface area contributed by atoms with E-state index in [1.807, 2.05) is 0 Å². The van der Waals surface area contributed by atoms with Crippen LogP contribution < -0.4 is 0 Å². The Morgan fingerprint density at radius 2 is 0.469 bits per heavy atom. The molecule has 6 heteroatoms. The van der Waals surface area contributed by atoms with Gasteiger partial charge in [-0.1, -0.05) is 353 Å². The normalized spacial score (nSPS) is 12.2. The van der Waals surface area contributed by atoms with E-state index in [9.17, 15) is 14.4 Å². The molecule has 81 heavy (non-hydrogen) atoms. The largest absolute Gasteiger partial charge is 0.462 e. The van der Waals surface area contributed by atoms with Crippen LogP contribution in [0.5, 0.6) is 0 Å². The number of unbranched alkanes of at least 4 members (excludes halogenated alkanes) is 51. The van der Waals surface area contributed by atoms with Gasteiger partial charge in [0.15, 0.2) is 6.10 Å². The van der Waals surface area contributed by atoms with Gasteiger partial charge in [-0.15, -0.1) is 0 Å². The van der Waals surface area contributed by atoms with E-state index in [0.717, 1.165) is 77.0 Å². The SMILES string of the molecule is CCC/C=C\CCCCCCCC(=O)OCC(COC(=O)CCCCCCCCCCCCCCCCCCCCCCCCCCCCCCCCCC)OC(=O)CCCCCCCCCCC/C=C\C/C=C\CCCCCCC. The number of rotatable bonds is 68. The highest BCUT2D eigenvalue weighted by molar-refractivity contribution is 5.71. The molecular formula is C75H140O6. The molecule has 0 aromatic rings. The second-order valence-electron chi connectivity index (χ2n) is 24.9. The number of esters is 3. The van der Waals surface area contributed by atoms with Crippen molar-refractivity contribution in [2.24, 2.45) is 0 Å². The van der Waals surface area contributed by atoms with Crippen LogP contribution in [0.25, 0.3) is 0 Å². The molecule has 0 aliphatic heterocycles. The maximum Gasteiger partial charge on any atom is 0.306 e. The van der Waals surface area contributed by atoms with Gasteiger partial charge in [-0.05, 0) is 70.6 Å². The summed E-state index contributed by atoms with van der Waals surface area (Å²) in [7, 11) is 0. The average molecular weight is 1140 g/mol. The Morgan fingerprint density at radius 3 is 0.741 bits per heavy atom. The molecule has 0 saturated heterocycles. The van der Waals surface area contributed by atoms with E-state index >= 15 is 0 Å². The summed E-state index contributed by atoms with van der Waals surface area (Å²) in [6.07, 6.45) is 87.8. The van der Waals surface area contributed by atoms with E-state index < -0.39 is 6.10 Å². The lowest BCUT2D eigenvalue weighted by Crippen LogP contribution is -2.30. The van der Waals surface area contributed by atoms with Gasteiger partial charge in [-0.2, -0.15) is 0 Å². The zero-order chi connectivity index (χ0) is 58.5. The number of carbonyl (C=O) groups excluding carboxylic acids is 3. The Labute approximate surface area is 506 Å². The first-order chi connectivity index (χ1) is 40.0. The van der Waals surface area contributed by atoms with E-state index in [0.29, 0.717) is 19.3 Å². The molecular weight excluding hydrogens is 997 g/mol. The van der Waals surface area contributed by atoms with Gasteiger partial charge in [-0.3, -0.25) is 14.4 Å². The van der Waals surface area contributed by atoms with Gasteiger partial charge in [0.25, 0.3) is 0 Å². The summed E-state index contributed by atoms with van der Waals surface area (Å²) in [5.41, 5.74) is 0. The Kier molecular flexibility index (Phi) is 68.1. The van der Waals surface area contributed by atoms with E-state index in [2.05, 4.69) is 57.2 Å². The monoisotopic (exact) mass is 1140 g/mol. The van der Waals surface area contributed by atoms with E-state index in [1.54, 1.807) is 0 Å². The van der Waals surface area contributed by atoms with Crippen LogP contribution in [-0.2, 0) is 28.6 Å². The van der Waals surface area contributed by atoms with Crippen molar-refractivity contribution in [3.63, 3.8) is 0 Å². The Morgan fingerprint density at radius 1 is 0.247 bits per heavy atom. The molecule has 1 atom stereocenters. The summed E-state index contributed by atoms with van der Waals surface area (Å²) in [5.74, 6) is -0.862. The lowest BCUT2D eigenvalue weighted by atomic mass is 10.0. The number of carbonyl (C=O) groups is 3. The molecule has 0 aromatic carbocycles. The smallest absolute Gasteiger partial charge is 0.306 e. The highest BCUT2D eigenvalue weighted by Crippen LogP contribution is 2.19. The molecule has 0 spiro atoms. The van der Waals surface area contributed by atoms with E-state index in [-0.39, 0.29) is 31.1 Å². The topological polar surface area (TPSA) is 78.9 Å². The molecule has 6 nitrogen and oxygen atoms in total. The summed E-state index contributed by atoms with van der Waals surface area (Å²) in [4.78, 5) is 38.3. The molecule has 0 aromatic heterocycles. The fourth-order valence-corrected chi connectivity index (χ4v) is 11.1. The first-order valence-electron chi connectivity index (χ1n) is 36.5. The van der Waals surface area contributed by atoms with Crippen molar-refractivity contribution in [1.29, 1.82) is 0 Å². The van der Waals surface area contributed by atoms with Gasteiger partial charge >= 0.3 is 17.9 Å². The van der Waals surface area contributed by atoms with Crippen LogP contribution in [-0.4, -0.2) is 37.2 Å².